The van der Waals surface area contributed by atoms with Crippen molar-refractivity contribution in [3.63, 3.8) is 0 Å². The smallest absolute Gasteiger partial charge is 0.243 e. The summed E-state index contributed by atoms with van der Waals surface area (Å²) < 4.78 is 29.3. The van der Waals surface area contributed by atoms with Crippen molar-refractivity contribution in [1.82, 2.24) is 14.9 Å². The van der Waals surface area contributed by atoms with E-state index >= 15 is 0 Å². The molecule has 5 rings (SSSR count). The highest BCUT2D eigenvalue weighted by Gasteiger charge is 2.35. The van der Waals surface area contributed by atoms with Gasteiger partial charge in [0.1, 0.15) is 0 Å². The van der Waals surface area contributed by atoms with Crippen LogP contribution in [0.2, 0.25) is 0 Å². The molecule has 0 unspecified atom stereocenters. The summed E-state index contributed by atoms with van der Waals surface area (Å²) in [6.45, 7) is 7.74. The minimum Gasteiger partial charge on any atom is -0.349 e. The van der Waals surface area contributed by atoms with Gasteiger partial charge in [-0.25, -0.2) is 8.42 Å². The van der Waals surface area contributed by atoms with Crippen molar-refractivity contribution in [1.29, 1.82) is 0 Å². The average molecular weight is 574 g/mol. The summed E-state index contributed by atoms with van der Waals surface area (Å²) in [7, 11) is -3.74. The highest BCUT2D eigenvalue weighted by molar-refractivity contribution is 7.89. The van der Waals surface area contributed by atoms with Crippen LogP contribution in [0, 0.1) is 0 Å². The van der Waals surface area contributed by atoms with Gasteiger partial charge in [0.05, 0.1) is 10.9 Å². The highest BCUT2D eigenvalue weighted by atomic mass is 32.2. The Kier molecular flexibility index (Phi) is 8.97. The Morgan fingerprint density at radius 1 is 0.902 bits per heavy atom. The van der Waals surface area contributed by atoms with E-state index in [0.717, 1.165) is 49.8 Å². The van der Waals surface area contributed by atoms with E-state index in [9.17, 15) is 13.2 Å². The zero-order valence-electron chi connectivity index (χ0n) is 24.5. The van der Waals surface area contributed by atoms with Gasteiger partial charge in [0.25, 0.3) is 0 Å². The lowest BCUT2D eigenvalue weighted by atomic mass is 9.86. The number of hydrogen-bond donors (Lipinski definition) is 2. The third-order valence-corrected chi connectivity index (χ3v) is 10.2. The van der Waals surface area contributed by atoms with E-state index in [1.54, 1.807) is 22.5 Å². The van der Waals surface area contributed by atoms with E-state index in [1.807, 2.05) is 36.4 Å². The molecule has 2 N–H and O–H groups in total. The van der Waals surface area contributed by atoms with Crippen molar-refractivity contribution >= 4 is 15.9 Å². The summed E-state index contributed by atoms with van der Waals surface area (Å²) in [5.41, 5.74) is 5.64. The zero-order chi connectivity index (χ0) is 29.0. The molecule has 0 aromatic heterocycles. The van der Waals surface area contributed by atoms with Crippen LogP contribution in [0.4, 0.5) is 0 Å². The summed E-state index contributed by atoms with van der Waals surface area (Å²) in [6, 6.07) is 23.2. The van der Waals surface area contributed by atoms with E-state index in [0.29, 0.717) is 13.0 Å². The summed E-state index contributed by atoms with van der Waals surface area (Å²) in [4.78, 5) is 13.7. The molecule has 1 fully saturated rings. The van der Waals surface area contributed by atoms with Crippen molar-refractivity contribution in [2.75, 3.05) is 6.54 Å². The molecule has 1 aliphatic carbocycles. The fourth-order valence-electron chi connectivity index (χ4n) is 6.06. The summed E-state index contributed by atoms with van der Waals surface area (Å²) in [5, 5.41) is 6.81. The number of carbonyl (C=O) groups is 1. The molecule has 0 bridgehead atoms. The van der Waals surface area contributed by atoms with Gasteiger partial charge in [-0.3, -0.25) is 4.79 Å². The molecule has 218 valence electrons. The van der Waals surface area contributed by atoms with Gasteiger partial charge in [0, 0.05) is 31.1 Å². The number of amides is 1. The normalized spacial score (nSPS) is 19.9. The maximum absolute atomic E-state index is 13.9. The monoisotopic (exact) mass is 573 g/mol. The van der Waals surface area contributed by atoms with Crippen LogP contribution in [0.3, 0.4) is 0 Å². The van der Waals surface area contributed by atoms with Crippen LogP contribution in [0.15, 0.2) is 77.7 Å². The summed E-state index contributed by atoms with van der Waals surface area (Å²) in [6.07, 6.45) is 5.53. The van der Waals surface area contributed by atoms with Gasteiger partial charge in [-0.2, -0.15) is 4.31 Å². The Bertz CT molecular complexity index is 1460. The third-order valence-electron chi connectivity index (χ3n) is 8.22. The molecule has 3 aromatic carbocycles. The molecular weight excluding hydrogens is 530 g/mol. The van der Waals surface area contributed by atoms with E-state index in [4.69, 9.17) is 0 Å². The van der Waals surface area contributed by atoms with Gasteiger partial charge in [0.2, 0.25) is 15.9 Å². The van der Waals surface area contributed by atoms with Crippen LogP contribution in [-0.4, -0.2) is 36.8 Å². The summed E-state index contributed by atoms with van der Waals surface area (Å²) in [5.74, 6) is -0.0773. The molecule has 2 aliphatic rings. The number of sulfonamides is 1. The second-order valence-corrected chi connectivity index (χ2v) is 14.4. The van der Waals surface area contributed by atoms with Crippen LogP contribution in [-0.2, 0) is 27.8 Å². The molecule has 1 amide bonds. The van der Waals surface area contributed by atoms with Gasteiger partial charge >= 0.3 is 0 Å². The van der Waals surface area contributed by atoms with Crippen molar-refractivity contribution in [2.45, 2.75) is 94.8 Å². The maximum Gasteiger partial charge on any atom is 0.243 e. The van der Waals surface area contributed by atoms with Crippen molar-refractivity contribution in [2.24, 2.45) is 0 Å². The first-order valence-corrected chi connectivity index (χ1v) is 16.4. The van der Waals surface area contributed by atoms with Gasteiger partial charge in [-0.1, -0.05) is 67.1 Å². The van der Waals surface area contributed by atoms with E-state index in [2.05, 4.69) is 49.6 Å². The quantitative estimate of drug-likeness (QED) is 0.328. The molecule has 1 saturated heterocycles. The van der Waals surface area contributed by atoms with Gasteiger partial charge in [-0.15, -0.1) is 0 Å². The molecule has 0 saturated carbocycles. The van der Waals surface area contributed by atoms with Crippen LogP contribution < -0.4 is 10.6 Å². The minimum absolute atomic E-state index is 0.0351. The first kappa shape index (κ1) is 29.5. The van der Waals surface area contributed by atoms with Crippen LogP contribution in [0.25, 0.3) is 11.1 Å². The van der Waals surface area contributed by atoms with Crippen LogP contribution >= 0.6 is 0 Å². The second kappa shape index (κ2) is 12.5. The second-order valence-electron chi connectivity index (χ2n) is 12.5. The standard InChI is InChI=1S/C34H43N3O3S/c1-34(2,3)35-24-25-18-19-31-28(21-25)14-10-17-32(31)36-33(38)23-29-15-7-8-20-37(29)41(39,40)30-16-9-13-27(22-30)26-11-5-4-6-12-26/h4-6,9,11-13,16,18-19,21-22,29,32,35H,7-8,10,14-15,17,20,23-24H2,1-3H3,(H,36,38)/t29-,32+/m0/s1. The number of nitrogens with zero attached hydrogens (tertiary/aromatic N) is 1. The van der Waals surface area contributed by atoms with E-state index in [-0.39, 0.29) is 34.8 Å². The Balaban J connectivity index is 1.28. The molecule has 6 nitrogen and oxygen atoms in total. The van der Waals surface area contributed by atoms with Crippen LogP contribution in [0.5, 0.6) is 0 Å². The van der Waals surface area contributed by atoms with Crippen molar-refractivity contribution in [3.05, 3.63) is 89.5 Å². The third kappa shape index (κ3) is 7.26. The number of hydrogen-bond acceptors (Lipinski definition) is 4. The molecule has 1 heterocycles. The molecule has 0 radical (unpaired) electrons. The molecule has 1 aliphatic heterocycles. The number of fused-ring (bicyclic) bond motifs is 1. The predicted molar refractivity (Wildman–Crippen MR) is 165 cm³/mol. The molecule has 0 spiro atoms. The van der Waals surface area contributed by atoms with E-state index in [1.165, 1.54) is 16.7 Å². The number of carbonyl (C=O) groups excluding carboxylic acids is 1. The van der Waals surface area contributed by atoms with Crippen molar-refractivity contribution in [3.8, 4) is 11.1 Å². The first-order chi connectivity index (χ1) is 19.6. The summed E-state index contributed by atoms with van der Waals surface area (Å²) >= 11 is 0. The molecular formula is C34H43N3O3S. The number of aryl methyl sites for hydroxylation is 1. The lowest BCUT2D eigenvalue weighted by Crippen LogP contribution is -2.46. The fourth-order valence-corrected chi connectivity index (χ4v) is 7.80. The van der Waals surface area contributed by atoms with Gasteiger partial charge in [-0.05, 0) is 92.8 Å². The SMILES string of the molecule is CC(C)(C)NCc1ccc2c(c1)CCC[C@H]2NC(=O)C[C@@H]1CCCCN1S(=O)(=O)c1cccc(-c2ccccc2)c1. The number of rotatable bonds is 8. The molecule has 41 heavy (non-hydrogen) atoms. The lowest BCUT2D eigenvalue weighted by molar-refractivity contribution is -0.123. The maximum atomic E-state index is 13.9. The Morgan fingerprint density at radius 3 is 2.46 bits per heavy atom. The largest absolute Gasteiger partial charge is 0.349 e. The number of piperidine rings is 1. The predicted octanol–water partition coefficient (Wildman–Crippen LogP) is 6.37. The molecule has 7 heteroatoms. The van der Waals surface area contributed by atoms with Gasteiger partial charge in [0.15, 0.2) is 0 Å². The molecule has 3 aromatic rings. The first-order valence-electron chi connectivity index (χ1n) is 14.9. The number of benzene rings is 3. The Morgan fingerprint density at radius 2 is 1.68 bits per heavy atom. The van der Waals surface area contributed by atoms with Crippen molar-refractivity contribution < 1.29 is 13.2 Å². The highest BCUT2D eigenvalue weighted by Crippen LogP contribution is 2.32. The van der Waals surface area contributed by atoms with E-state index < -0.39 is 10.0 Å². The Labute approximate surface area is 245 Å². The lowest BCUT2D eigenvalue weighted by Gasteiger charge is -2.35. The minimum atomic E-state index is -3.74. The fraction of sp³-hybridized carbons (Fsp3) is 0.441. The van der Waals surface area contributed by atoms with Crippen LogP contribution in [0.1, 0.15) is 82.0 Å². The number of nitrogens with one attached hydrogen (secondary N) is 2. The van der Waals surface area contributed by atoms with Gasteiger partial charge < -0.3 is 10.6 Å². The average Bonchev–Trinajstić information content (AvgIpc) is 2.96. The Hall–Kier alpha value is -3.00. The molecule has 2 atom stereocenters. The zero-order valence-corrected chi connectivity index (χ0v) is 25.3. The topological polar surface area (TPSA) is 78.5 Å².